The molecule has 15 heavy (non-hydrogen) atoms. The highest BCUT2D eigenvalue weighted by Crippen LogP contribution is 2.17. The largest absolute Gasteiger partial charge is 0.236 e. The first-order valence-electron chi connectivity index (χ1n) is 4.28. The van der Waals surface area contributed by atoms with Crippen LogP contribution < -0.4 is 0 Å². The zero-order valence-electron chi connectivity index (χ0n) is 7.68. The molecule has 72 valence electrons. The van der Waals surface area contributed by atoms with E-state index in [0.29, 0.717) is 16.5 Å². The maximum absolute atomic E-state index is 8.69. The van der Waals surface area contributed by atoms with Crippen molar-refractivity contribution < 1.29 is 0 Å². The summed E-state index contributed by atoms with van der Waals surface area (Å²) in [7, 11) is 0. The molecule has 3 nitrogen and oxygen atoms in total. The molecule has 1 heterocycles. The molecule has 0 saturated carbocycles. The number of aromatic nitrogens is 2. The molecule has 0 atom stereocenters. The van der Waals surface area contributed by atoms with Crippen molar-refractivity contribution in [3.8, 4) is 17.5 Å². The van der Waals surface area contributed by atoms with E-state index in [-0.39, 0.29) is 0 Å². The number of hydrogen-bond acceptors (Lipinski definition) is 3. The molecule has 2 aromatic rings. The molecule has 0 saturated heterocycles. The molecule has 4 heteroatoms. The van der Waals surface area contributed by atoms with Crippen molar-refractivity contribution in [2.24, 2.45) is 0 Å². The molecule has 0 aliphatic rings. The van der Waals surface area contributed by atoms with E-state index >= 15 is 0 Å². The maximum atomic E-state index is 8.69. The van der Waals surface area contributed by atoms with Crippen molar-refractivity contribution in [2.45, 2.75) is 0 Å². The summed E-state index contributed by atoms with van der Waals surface area (Å²) in [6.45, 7) is 0. The van der Waals surface area contributed by atoms with Gasteiger partial charge in [-0.2, -0.15) is 5.26 Å². The first-order chi connectivity index (χ1) is 7.29. The molecular formula is C11H6ClN3. The fourth-order valence-electron chi connectivity index (χ4n) is 1.16. The summed E-state index contributed by atoms with van der Waals surface area (Å²) < 4.78 is 0. The average molecular weight is 216 g/mol. The van der Waals surface area contributed by atoms with Crippen molar-refractivity contribution in [1.82, 2.24) is 9.97 Å². The van der Waals surface area contributed by atoms with Crippen molar-refractivity contribution in [3.63, 3.8) is 0 Å². The Morgan fingerprint density at radius 3 is 2.53 bits per heavy atom. The zero-order chi connectivity index (χ0) is 10.7. The van der Waals surface area contributed by atoms with Crippen LogP contribution in [0.5, 0.6) is 0 Å². The van der Waals surface area contributed by atoms with Crippen molar-refractivity contribution in [1.29, 1.82) is 5.26 Å². The normalized spacial score (nSPS) is 9.60. The second kappa shape index (κ2) is 4.07. The Morgan fingerprint density at radius 2 is 1.87 bits per heavy atom. The molecule has 0 unspecified atom stereocenters. The summed E-state index contributed by atoms with van der Waals surface area (Å²) in [6, 6.07) is 10.7. The van der Waals surface area contributed by atoms with Gasteiger partial charge in [-0.3, -0.25) is 0 Å². The van der Waals surface area contributed by atoms with Gasteiger partial charge in [0.25, 0.3) is 0 Å². The van der Waals surface area contributed by atoms with Gasteiger partial charge in [-0.25, -0.2) is 9.97 Å². The van der Waals surface area contributed by atoms with Crippen LogP contribution in [0, 0.1) is 11.3 Å². The lowest BCUT2D eigenvalue weighted by Crippen LogP contribution is -1.90. The van der Waals surface area contributed by atoms with Crippen LogP contribution in [0.2, 0.25) is 5.02 Å². The molecule has 0 bridgehead atoms. The molecule has 0 N–H and O–H groups in total. The first kappa shape index (κ1) is 9.63. The minimum atomic E-state index is 0.356. The van der Waals surface area contributed by atoms with E-state index in [4.69, 9.17) is 16.9 Å². The Hall–Kier alpha value is -1.92. The smallest absolute Gasteiger partial charge is 0.160 e. The molecule has 1 aromatic heterocycles. The second-order valence-electron chi connectivity index (χ2n) is 2.88. The molecule has 2 rings (SSSR count). The third kappa shape index (κ3) is 2.12. The highest BCUT2D eigenvalue weighted by molar-refractivity contribution is 6.30. The summed E-state index contributed by atoms with van der Waals surface area (Å²) >= 11 is 5.76. The van der Waals surface area contributed by atoms with Crippen molar-refractivity contribution in [3.05, 3.63) is 47.2 Å². The topological polar surface area (TPSA) is 49.6 Å². The lowest BCUT2D eigenvalue weighted by Gasteiger charge is -1.99. The van der Waals surface area contributed by atoms with Gasteiger partial charge >= 0.3 is 0 Å². The Kier molecular flexibility index (Phi) is 2.61. The lowest BCUT2D eigenvalue weighted by molar-refractivity contribution is 1.15. The number of halogens is 1. The van der Waals surface area contributed by atoms with Gasteiger partial charge in [0.15, 0.2) is 5.82 Å². The summed E-state index contributed by atoms with van der Waals surface area (Å²) in [5, 5.41) is 9.35. The average Bonchev–Trinajstić information content (AvgIpc) is 2.30. The van der Waals surface area contributed by atoms with Crippen LogP contribution in [-0.4, -0.2) is 9.97 Å². The van der Waals surface area contributed by atoms with E-state index in [2.05, 4.69) is 9.97 Å². The maximum Gasteiger partial charge on any atom is 0.160 e. The standard InChI is InChI=1S/C11H6ClN3/c12-9-3-1-8(2-4-9)11-14-6-5-10(7-13)15-11/h1-6H. The molecule has 0 aliphatic carbocycles. The summed E-state index contributed by atoms with van der Waals surface area (Å²) in [6.07, 6.45) is 1.56. The highest BCUT2D eigenvalue weighted by Gasteiger charge is 2.01. The number of hydrogen-bond donors (Lipinski definition) is 0. The molecule has 0 fully saturated rings. The quantitative estimate of drug-likeness (QED) is 0.735. The van der Waals surface area contributed by atoms with Crippen LogP contribution in [0.15, 0.2) is 36.5 Å². The van der Waals surface area contributed by atoms with Gasteiger partial charge < -0.3 is 0 Å². The van der Waals surface area contributed by atoms with E-state index in [9.17, 15) is 0 Å². The third-order valence-corrected chi connectivity index (χ3v) is 2.12. The fourth-order valence-corrected chi connectivity index (χ4v) is 1.28. The molecule has 0 radical (unpaired) electrons. The minimum Gasteiger partial charge on any atom is -0.236 e. The Labute approximate surface area is 92.0 Å². The second-order valence-corrected chi connectivity index (χ2v) is 3.32. The monoisotopic (exact) mass is 215 g/mol. The van der Waals surface area contributed by atoms with Gasteiger partial charge in [0.05, 0.1) is 0 Å². The summed E-state index contributed by atoms with van der Waals surface area (Å²) in [5.74, 6) is 0.533. The van der Waals surface area contributed by atoms with Crippen molar-refractivity contribution in [2.75, 3.05) is 0 Å². The fraction of sp³-hybridized carbons (Fsp3) is 0. The predicted octanol–water partition coefficient (Wildman–Crippen LogP) is 2.67. The van der Waals surface area contributed by atoms with Crippen LogP contribution >= 0.6 is 11.6 Å². The SMILES string of the molecule is N#Cc1ccnc(-c2ccc(Cl)cc2)n1. The van der Waals surface area contributed by atoms with Gasteiger partial charge in [0.1, 0.15) is 11.8 Å². The number of rotatable bonds is 1. The minimum absolute atomic E-state index is 0.356. The summed E-state index contributed by atoms with van der Waals surface area (Å²) in [4.78, 5) is 8.16. The van der Waals surface area contributed by atoms with E-state index in [0.717, 1.165) is 5.56 Å². The van der Waals surface area contributed by atoms with Crippen LogP contribution in [0.3, 0.4) is 0 Å². The predicted molar refractivity (Wildman–Crippen MR) is 57.2 cm³/mol. The van der Waals surface area contributed by atoms with Crippen LogP contribution in [0.4, 0.5) is 0 Å². The van der Waals surface area contributed by atoms with E-state index in [1.54, 1.807) is 24.4 Å². The van der Waals surface area contributed by atoms with Gasteiger partial charge in [-0.1, -0.05) is 11.6 Å². The van der Waals surface area contributed by atoms with Crippen molar-refractivity contribution >= 4 is 11.6 Å². The van der Waals surface area contributed by atoms with Gasteiger partial charge in [0.2, 0.25) is 0 Å². The van der Waals surface area contributed by atoms with Crippen LogP contribution in [-0.2, 0) is 0 Å². The van der Waals surface area contributed by atoms with Crippen LogP contribution in [0.25, 0.3) is 11.4 Å². The Bertz CT molecular complexity index is 514. The Balaban J connectivity index is 2.46. The third-order valence-electron chi connectivity index (χ3n) is 1.87. The molecule has 0 spiro atoms. The lowest BCUT2D eigenvalue weighted by atomic mass is 10.2. The number of nitriles is 1. The number of nitrogens with zero attached hydrogens (tertiary/aromatic N) is 3. The van der Waals surface area contributed by atoms with Crippen LogP contribution in [0.1, 0.15) is 5.69 Å². The molecule has 1 aromatic carbocycles. The summed E-state index contributed by atoms with van der Waals surface area (Å²) in [5.41, 5.74) is 1.20. The first-order valence-corrected chi connectivity index (χ1v) is 4.66. The molecule has 0 amide bonds. The van der Waals surface area contributed by atoms with E-state index < -0.39 is 0 Å². The molecule has 0 aliphatic heterocycles. The van der Waals surface area contributed by atoms with E-state index in [1.165, 1.54) is 0 Å². The zero-order valence-corrected chi connectivity index (χ0v) is 8.44. The highest BCUT2D eigenvalue weighted by atomic mass is 35.5. The van der Waals surface area contributed by atoms with Gasteiger partial charge in [-0.05, 0) is 30.3 Å². The number of benzene rings is 1. The van der Waals surface area contributed by atoms with E-state index in [1.807, 2.05) is 18.2 Å². The van der Waals surface area contributed by atoms with Gasteiger partial charge in [-0.15, -0.1) is 0 Å². The van der Waals surface area contributed by atoms with Gasteiger partial charge in [0, 0.05) is 16.8 Å². The Morgan fingerprint density at radius 1 is 1.13 bits per heavy atom. The molecular weight excluding hydrogens is 210 g/mol.